The van der Waals surface area contributed by atoms with Gasteiger partial charge in [-0.05, 0) is 24.0 Å². The van der Waals surface area contributed by atoms with E-state index in [9.17, 15) is 13.7 Å². The lowest BCUT2D eigenvalue weighted by Gasteiger charge is -2.19. The summed E-state index contributed by atoms with van der Waals surface area (Å²) in [7, 11) is 0. The molecular formula is C12H14F2O2. The Hall–Kier alpha value is -1.45. The molecule has 1 aromatic rings. The van der Waals surface area contributed by atoms with Gasteiger partial charge in [-0.1, -0.05) is 32.0 Å². The minimum absolute atomic E-state index is 0.389. The number of carbonyl (C=O) groups is 1. The van der Waals surface area contributed by atoms with E-state index in [-0.39, 0.29) is 5.82 Å². The van der Waals surface area contributed by atoms with E-state index in [1.807, 2.05) is 0 Å². The van der Waals surface area contributed by atoms with Crippen LogP contribution in [0.2, 0.25) is 0 Å². The van der Waals surface area contributed by atoms with Gasteiger partial charge in [-0.3, -0.25) is 4.94 Å². The minimum Gasteiger partial charge on any atom is -0.255 e. The molecule has 0 saturated carbocycles. The molecule has 0 aliphatic heterocycles. The first-order valence-corrected chi connectivity index (χ1v) is 5.18. The van der Waals surface area contributed by atoms with Gasteiger partial charge in [-0.2, -0.15) is 0 Å². The highest BCUT2D eigenvalue weighted by Crippen LogP contribution is 2.29. The molecule has 0 bridgehead atoms. The summed E-state index contributed by atoms with van der Waals surface area (Å²) < 4.78 is 25.3. The fraction of sp³-hybridized carbons (Fsp3) is 0.417. The van der Waals surface area contributed by atoms with E-state index in [0.717, 1.165) is 0 Å². The van der Waals surface area contributed by atoms with Crippen LogP contribution in [0.1, 0.15) is 31.7 Å². The molecule has 0 aliphatic rings. The summed E-state index contributed by atoms with van der Waals surface area (Å²) in [6, 6.07) is 6.16. The summed E-state index contributed by atoms with van der Waals surface area (Å²) in [6.07, 6.45) is 0.401. The van der Waals surface area contributed by atoms with Crippen LogP contribution < -0.4 is 0 Å². The normalized spacial score (nSPS) is 14.2. The third-order valence-corrected chi connectivity index (χ3v) is 2.82. The smallest absolute Gasteiger partial charge is 0.255 e. The molecule has 0 heterocycles. The molecule has 2 nitrogen and oxygen atoms in total. The zero-order chi connectivity index (χ0) is 12.1. The number of benzene rings is 1. The minimum atomic E-state index is -0.946. The lowest BCUT2D eigenvalue weighted by atomic mass is 9.85. The van der Waals surface area contributed by atoms with Crippen molar-refractivity contribution in [1.29, 1.82) is 0 Å². The van der Waals surface area contributed by atoms with Gasteiger partial charge >= 0.3 is 5.97 Å². The van der Waals surface area contributed by atoms with Gasteiger partial charge in [0.15, 0.2) is 0 Å². The molecule has 0 amide bonds. The van der Waals surface area contributed by atoms with Gasteiger partial charge in [0.2, 0.25) is 0 Å². The van der Waals surface area contributed by atoms with Crippen molar-refractivity contribution in [2.75, 3.05) is 0 Å². The molecule has 0 spiro atoms. The maximum atomic E-state index is 13.5. The van der Waals surface area contributed by atoms with Crippen molar-refractivity contribution in [3.63, 3.8) is 0 Å². The van der Waals surface area contributed by atoms with E-state index >= 15 is 0 Å². The first-order chi connectivity index (χ1) is 7.61. The summed E-state index contributed by atoms with van der Waals surface area (Å²) >= 11 is 0. The highest BCUT2D eigenvalue weighted by molar-refractivity contribution is 5.73. The molecule has 0 radical (unpaired) electrons. The Kier molecular flexibility index (Phi) is 4.40. The van der Waals surface area contributed by atoms with Crippen molar-refractivity contribution < 1.29 is 18.7 Å². The number of hydrogen-bond acceptors (Lipinski definition) is 2. The van der Waals surface area contributed by atoms with E-state index in [2.05, 4.69) is 4.94 Å². The van der Waals surface area contributed by atoms with Crippen LogP contribution in [0.15, 0.2) is 24.3 Å². The zero-order valence-electron chi connectivity index (χ0n) is 9.24. The Morgan fingerprint density at radius 3 is 2.56 bits per heavy atom. The van der Waals surface area contributed by atoms with Gasteiger partial charge < -0.3 is 0 Å². The first kappa shape index (κ1) is 12.6. The van der Waals surface area contributed by atoms with Crippen LogP contribution in [-0.4, -0.2) is 5.97 Å². The zero-order valence-corrected chi connectivity index (χ0v) is 9.24. The molecular weight excluding hydrogens is 214 g/mol. The van der Waals surface area contributed by atoms with Gasteiger partial charge in [-0.15, -0.1) is 0 Å². The topological polar surface area (TPSA) is 26.3 Å². The summed E-state index contributed by atoms with van der Waals surface area (Å²) in [6.45, 7) is 3.42. The van der Waals surface area contributed by atoms with E-state index in [0.29, 0.717) is 12.0 Å². The summed E-state index contributed by atoms with van der Waals surface area (Å²) in [5.74, 6) is -2.41. The molecule has 1 aromatic carbocycles. The van der Waals surface area contributed by atoms with Gasteiger partial charge in [0.05, 0.1) is 5.92 Å². The van der Waals surface area contributed by atoms with E-state index in [4.69, 9.17) is 0 Å². The fourth-order valence-electron chi connectivity index (χ4n) is 1.84. The summed E-state index contributed by atoms with van der Waals surface area (Å²) in [5.41, 5.74) is 0.403. The molecule has 0 N–H and O–H groups in total. The Balaban J connectivity index is 2.95. The van der Waals surface area contributed by atoms with Crippen molar-refractivity contribution in [3.05, 3.63) is 35.6 Å². The monoisotopic (exact) mass is 228 g/mol. The molecule has 0 aliphatic carbocycles. The lowest BCUT2D eigenvalue weighted by Crippen LogP contribution is -2.21. The maximum Gasteiger partial charge on any atom is 0.352 e. The van der Waals surface area contributed by atoms with E-state index in [1.165, 1.54) is 6.07 Å². The summed E-state index contributed by atoms with van der Waals surface area (Å²) in [4.78, 5) is 14.4. The maximum absolute atomic E-state index is 13.5. The predicted octanol–water partition coefficient (Wildman–Crippen LogP) is 3.38. The second-order valence-electron chi connectivity index (χ2n) is 3.72. The molecule has 2 atom stereocenters. The molecule has 16 heavy (non-hydrogen) atoms. The van der Waals surface area contributed by atoms with Gasteiger partial charge in [0.1, 0.15) is 5.82 Å². The van der Waals surface area contributed by atoms with Crippen molar-refractivity contribution >= 4 is 5.97 Å². The Labute approximate surface area is 93.1 Å². The quantitative estimate of drug-likeness (QED) is 0.789. The van der Waals surface area contributed by atoms with Crippen LogP contribution in [-0.2, 0) is 9.74 Å². The second kappa shape index (κ2) is 5.58. The Morgan fingerprint density at radius 2 is 2.06 bits per heavy atom. The second-order valence-corrected chi connectivity index (χ2v) is 3.72. The number of carbonyl (C=O) groups excluding carboxylic acids is 1. The third kappa shape index (κ3) is 2.56. The first-order valence-electron chi connectivity index (χ1n) is 5.18. The van der Waals surface area contributed by atoms with Crippen molar-refractivity contribution in [2.45, 2.75) is 26.2 Å². The molecule has 0 aromatic heterocycles. The van der Waals surface area contributed by atoms with Gasteiger partial charge in [-0.25, -0.2) is 9.18 Å². The Morgan fingerprint density at radius 1 is 1.44 bits per heavy atom. The fourth-order valence-corrected chi connectivity index (χ4v) is 1.84. The molecule has 0 fully saturated rings. The molecule has 2 unspecified atom stereocenters. The standard InChI is InChI=1S/C12H14F2O2/c1-3-9(12(15)16-14)8(2)10-6-4-5-7-11(10)13/h4-9H,3H2,1-2H3. The highest BCUT2D eigenvalue weighted by atomic mass is 19.3. The average molecular weight is 228 g/mol. The van der Waals surface area contributed by atoms with Crippen molar-refractivity contribution in [1.82, 2.24) is 0 Å². The third-order valence-electron chi connectivity index (χ3n) is 2.82. The molecule has 4 heteroatoms. The SMILES string of the molecule is CCC(C(=O)OF)C(C)c1ccccc1F. The van der Waals surface area contributed by atoms with Crippen LogP contribution in [0.25, 0.3) is 0 Å². The van der Waals surface area contributed by atoms with Gasteiger partial charge in [0.25, 0.3) is 0 Å². The van der Waals surface area contributed by atoms with E-state index in [1.54, 1.807) is 32.0 Å². The van der Waals surface area contributed by atoms with Crippen molar-refractivity contribution in [3.8, 4) is 0 Å². The largest absolute Gasteiger partial charge is 0.352 e. The molecule has 0 saturated heterocycles. The van der Waals surface area contributed by atoms with E-state index < -0.39 is 17.8 Å². The van der Waals surface area contributed by atoms with Crippen LogP contribution >= 0.6 is 0 Å². The molecule has 88 valence electrons. The van der Waals surface area contributed by atoms with Crippen LogP contribution in [0, 0.1) is 11.7 Å². The summed E-state index contributed by atoms with van der Waals surface area (Å²) in [5, 5.41) is 0. The highest BCUT2D eigenvalue weighted by Gasteiger charge is 2.28. The molecule has 1 rings (SSSR count). The Bertz CT molecular complexity index is 366. The van der Waals surface area contributed by atoms with Crippen molar-refractivity contribution in [2.24, 2.45) is 5.92 Å². The van der Waals surface area contributed by atoms with Crippen LogP contribution in [0.5, 0.6) is 0 Å². The number of rotatable bonds is 4. The lowest BCUT2D eigenvalue weighted by molar-refractivity contribution is -0.190. The number of halogens is 2. The van der Waals surface area contributed by atoms with Crippen LogP contribution in [0.4, 0.5) is 8.92 Å². The van der Waals surface area contributed by atoms with Crippen LogP contribution in [0.3, 0.4) is 0 Å². The average Bonchev–Trinajstić information content (AvgIpc) is 2.30. The number of hydrogen-bond donors (Lipinski definition) is 0. The van der Waals surface area contributed by atoms with Gasteiger partial charge in [0, 0.05) is 4.53 Å². The predicted molar refractivity (Wildman–Crippen MR) is 55.8 cm³/mol.